The summed E-state index contributed by atoms with van der Waals surface area (Å²) in [6.45, 7) is 7.41. The Balaban J connectivity index is 2.35. The lowest BCUT2D eigenvalue weighted by Gasteiger charge is -2.25. The largest absolute Gasteiger partial charge is 0.489 e. The van der Waals surface area contributed by atoms with Gasteiger partial charge in [0.15, 0.2) is 0 Å². The number of aromatic nitrogens is 1. The van der Waals surface area contributed by atoms with E-state index in [-0.39, 0.29) is 35.5 Å². The molecular weight excluding hydrogens is 461 g/mol. The number of aromatic carboxylic acids is 1. The molecule has 1 atom stereocenters. The molecular formula is C26H29ClFNO5. The first-order valence-electron chi connectivity index (χ1n) is 11.2. The van der Waals surface area contributed by atoms with Crippen LogP contribution in [0.25, 0.3) is 10.9 Å². The zero-order chi connectivity index (χ0) is 25.2. The van der Waals surface area contributed by atoms with E-state index >= 15 is 0 Å². The quantitative estimate of drug-likeness (QED) is 0.417. The lowest BCUT2D eigenvalue weighted by Crippen LogP contribution is -2.24. The molecule has 0 spiro atoms. The molecule has 182 valence electrons. The molecule has 3 aromatic rings. The van der Waals surface area contributed by atoms with Gasteiger partial charge < -0.3 is 19.5 Å². The fourth-order valence-electron chi connectivity index (χ4n) is 4.12. The van der Waals surface area contributed by atoms with Crippen LogP contribution in [0, 0.1) is 11.7 Å². The van der Waals surface area contributed by atoms with E-state index in [9.17, 15) is 24.2 Å². The van der Waals surface area contributed by atoms with Crippen molar-refractivity contribution in [1.29, 1.82) is 0 Å². The summed E-state index contributed by atoms with van der Waals surface area (Å²) in [5.41, 5.74) is 0.238. The highest BCUT2D eigenvalue weighted by Crippen LogP contribution is 2.33. The van der Waals surface area contributed by atoms with Crippen molar-refractivity contribution >= 4 is 28.5 Å². The van der Waals surface area contributed by atoms with Crippen LogP contribution in [0.1, 0.15) is 61.6 Å². The number of hydrogen-bond donors (Lipinski definition) is 2. The summed E-state index contributed by atoms with van der Waals surface area (Å²) in [6, 6.07) is 7.52. The van der Waals surface area contributed by atoms with E-state index in [0.717, 1.165) is 0 Å². The number of benzene rings is 2. The van der Waals surface area contributed by atoms with Gasteiger partial charge in [0, 0.05) is 12.6 Å². The average Bonchev–Trinajstić information content (AvgIpc) is 2.75. The first kappa shape index (κ1) is 25.7. The molecule has 8 heteroatoms. The summed E-state index contributed by atoms with van der Waals surface area (Å²) in [5, 5.41) is 20.0. The highest BCUT2D eigenvalue weighted by molar-refractivity contribution is 6.30. The van der Waals surface area contributed by atoms with E-state index in [1.54, 1.807) is 28.8 Å². The van der Waals surface area contributed by atoms with Gasteiger partial charge in [-0.1, -0.05) is 37.6 Å². The molecule has 2 aromatic carbocycles. The van der Waals surface area contributed by atoms with Crippen LogP contribution in [0.4, 0.5) is 4.39 Å². The van der Waals surface area contributed by atoms with Gasteiger partial charge in [-0.15, -0.1) is 0 Å². The Kier molecular flexibility index (Phi) is 8.00. The van der Waals surface area contributed by atoms with Gasteiger partial charge in [0.2, 0.25) is 5.43 Å². The molecule has 1 heterocycles. The van der Waals surface area contributed by atoms with Crippen molar-refractivity contribution in [2.75, 3.05) is 6.61 Å². The molecule has 0 fully saturated rings. The van der Waals surface area contributed by atoms with Crippen LogP contribution in [-0.2, 0) is 6.42 Å². The van der Waals surface area contributed by atoms with Crippen LogP contribution in [0.3, 0.4) is 0 Å². The second-order valence-electron chi connectivity index (χ2n) is 9.10. The number of rotatable bonds is 9. The molecule has 0 unspecified atom stereocenters. The highest BCUT2D eigenvalue weighted by atomic mass is 35.5. The van der Waals surface area contributed by atoms with Gasteiger partial charge in [-0.3, -0.25) is 4.79 Å². The number of fused-ring (bicyclic) bond motifs is 1. The summed E-state index contributed by atoms with van der Waals surface area (Å²) >= 11 is 5.93. The summed E-state index contributed by atoms with van der Waals surface area (Å²) in [6.07, 6.45) is 1.72. The third-order valence-electron chi connectivity index (χ3n) is 5.52. The van der Waals surface area contributed by atoms with Crippen LogP contribution in [0.5, 0.6) is 5.75 Å². The van der Waals surface area contributed by atoms with Crippen molar-refractivity contribution in [3.8, 4) is 5.75 Å². The predicted octanol–water partition coefficient (Wildman–Crippen LogP) is 5.45. The Hall–Kier alpha value is -2.90. The average molecular weight is 490 g/mol. The maximum absolute atomic E-state index is 14.6. The molecule has 0 aliphatic carbocycles. The van der Waals surface area contributed by atoms with Crippen LogP contribution in [0.15, 0.2) is 41.3 Å². The third-order valence-corrected chi connectivity index (χ3v) is 5.81. The van der Waals surface area contributed by atoms with Crippen molar-refractivity contribution in [2.45, 2.75) is 52.7 Å². The van der Waals surface area contributed by atoms with E-state index < -0.39 is 28.8 Å². The Morgan fingerprint density at radius 2 is 1.91 bits per heavy atom. The lowest BCUT2D eigenvalue weighted by atomic mass is 9.99. The molecule has 2 N–H and O–H groups in total. The van der Waals surface area contributed by atoms with Gasteiger partial charge in [0.1, 0.15) is 17.1 Å². The minimum atomic E-state index is -1.36. The minimum Gasteiger partial charge on any atom is -0.489 e. The van der Waals surface area contributed by atoms with Gasteiger partial charge in [-0.05, 0) is 55.5 Å². The van der Waals surface area contributed by atoms with Crippen molar-refractivity contribution in [2.24, 2.45) is 5.92 Å². The maximum atomic E-state index is 14.6. The second-order valence-corrected chi connectivity index (χ2v) is 9.50. The van der Waals surface area contributed by atoms with Crippen molar-refractivity contribution in [1.82, 2.24) is 4.57 Å². The van der Waals surface area contributed by atoms with Crippen LogP contribution in [-0.4, -0.2) is 33.5 Å². The van der Waals surface area contributed by atoms with E-state index in [1.807, 2.05) is 27.7 Å². The van der Waals surface area contributed by atoms with E-state index in [4.69, 9.17) is 16.3 Å². The van der Waals surface area contributed by atoms with Crippen LogP contribution < -0.4 is 10.2 Å². The van der Waals surface area contributed by atoms with Gasteiger partial charge in [-0.2, -0.15) is 0 Å². The molecule has 6 nitrogen and oxygen atoms in total. The molecule has 0 aliphatic rings. The minimum absolute atomic E-state index is 0.00747. The number of carboxylic acids is 1. The standard InChI is InChI=1S/C26H29ClFNO5/c1-14(2)8-18(13-30)29-12-20(26(32)33)25(31)19-10-16(11-22(24(19)29)34-15(3)4)9-17-6-5-7-21(27)23(17)28/h5-7,10-12,14-15,18,30H,8-9,13H2,1-4H3,(H,32,33)/t18-/m1/s1. The van der Waals surface area contributed by atoms with Crippen molar-refractivity contribution in [3.63, 3.8) is 0 Å². The topological polar surface area (TPSA) is 88.8 Å². The smallest absolute Gasteiger partial charge is 0.341 e. The number of ether oxygens (including phenoxy) is 1. The normalized spacial score (nSPS) is 12.5. The summed E-state index contributed by atoms with van der Waals surface area (Å²) in [4.78, 5) is 25.1. The number of carbonyl (C=O) groups is 1. The fraction of sp³-hybridized carbons (Fsp3) is 0.385. The molecule has 3 rings (SSSR count). The van der Waals surface area contributed by atoms with Crippen LogP contribution >= 0.6 is 11.6 Å². The third kappa shape index (κ3) is 5.42. The van der Waals surface area contributed by atoms with E-state index in [2.05, 4.69) is 0 Å². The zero-order valence-electron chi connectivity index (χ0n) is 19.6. The number of hydrogen-bond acceptors (Lipinski definition) is 4. The number of aliphatic hydroxyl groups excluding tert-OH is 1. The van der Waals surface area contributed by atoms with E-state index in [0.29, 0.717) is 28.8 Å². The SMILES string of the molecule is CC(C)C[C@H](CO)n1cc(C(=O)O)c(=O)c2cc(Cc3cccc(Cl)c3F)cc(OC(C)C)c21. The Morgan fingerprint density at radius 3 is 2.50 bits per heavy atom. The molecule has 0 saturated carbocycles. The molecule has 0 aliphatic heterocycles. The second kappa shape index (κ2) is 10.6. The van der Waals surface area contributed by atoms with Gasteiger partial charge in [0.05, 0.1) is 34.7 Å². The monoisotopic (exact) mass is 489 g/mol. The molecule has 34 heavy (non-hydrogen) atoms. The summed E-state index contributed by atoms with van der Waals surface area (Å²) in [7, 11) is 0. The number of aliphatic hydroxyl groups is 1. The lowest BCUT2D eigenvalue weighted by molar-refractivity contribution is 0.0694. The molecule has 0 radical (unpaired) electrons. The van der Waals surface area contributed by atoms with Gasteiger partial charge >= 0.3 is 5.97 Å². The Bertz CT molecular complexity index is 1270. The van der Waals surface area contributed by atoms with Crippen molar-refractivity contribution in [3.05, 3.63) is 74.3 Å². The van der Waals surface area contributed by atoms with Gasteiger partial charge in [-0.25, -0.2) is 9.18 Å². The first-order valence-corrected chi connectivity index (χ1v) is 11.6. The summed E-state index contributed by atoms with van der Waals surface area (Å²) < 4.78 is 22.2. The first-order chi connectivity index (χ1) is 16.0. The molecule has 0 amide bonds. The number of carboxylic acid groups (broad SMARTS) is 1. The van der Waals surface area contributed by atoms with Crippen molar-refractivity contribution < 1.29 is 24.1 Å². The van der Waals surface area contributed by atoms with E-state index in [1.165, 1.54) is 12.3 Å². The predicted molar refractivity (Wildman–Crippen MR) is 131 cm³/mol. The number of halogens is 2. The zero-order valence-corrected chi connectivity index (χ0v) is 20.4. The maximum Gasteiger partial charge on any atom is 0.341 e. The highest BCUT2D eigenvalue weighted by Gasteiger charge is 2.23. The number of nitrogens with zero attached hydrogens (tertiary/aromatic N) is 1. The molecule has 1 aromatic heterocycles. The Labute approximate surface area is 202 Å². The van der Waals surface area contributed by atoms with Crippen LogP contribution in [0.2, 0.25) is 5.02 Å². The summed E-state index contributed by atoms with van der Waals surface area (Å²) in [5.74, 6) is -1.34. The number of pyridine rings is 1. The fourth-order valence-corrected chi connectivity index (χ4v) is 4.32. The molecule has 0 saturated heterocycles. The Morgan fingerprint density at radius 1 is 1.21 bits per heavy atom. The molecule has 0 bridgehead atoms. The van der Waals surface area contributed by atoms with Gasteiger partial charge in [0.25, 0.3) is 0 Å².